The van der Waals surface area contributed by atoms with E-state index in [4.69, 9.17) is 5.73 Å². The Hall–Kier alpha value is -1.77. The van der Waals surface area contributed by atoms with Crippen LogP contribution in [0.2, 0.25) is 0 Å². The Kier molecular flexibility index (Phi) is 4.48. The van der Waals surface area contributed by atoms with Crippen LogP contribution in [0.3, 0.4) is 0 Å². The van der Waals surface area contributed by atoms with E-state index < -0.39 is 0 Å². The Balaban J connectivity index is 1.85. The molecule has 0 aromatic rings. The summed E-state index contributed by atoms with van der Waals surface area (Å²) in [5.41, 5.74) is 8.55. The van der Waals surface area contributed by atoms with Gasteiger partial charge in [0.2, 0.25) is 0 Å². The summed E-state index contributed by atoms with van der Waals surface area (Å²) in [5, 5.41) is 0. The van der Waals surface area contributed by atoms with E-state index in [-0.39, 0.29) is 0 Å². The van der Waals surface area contributed by atoms with Gasteiger partial charge in [0.1, 0.15) is 11.7 Å². The number of hydrogen-bond acceptors (Lipinski definition) is 3. The molecule has 2 aliphatic rings. The van der Waals surface area contributed by atoms with Crippen LogP contribution in [0.1, 0.15) is 39.5 Å². The first-order valence-electron chi connectivity index (χ1n) is 7.32. The van der Waals surface area contributed by atoms with Crippen LogP contribution in [-0.4, -0.2) is 16.8 Å². The third-order valence-electron chi connectivity index (χ3n) is 4.12. The molecule has 0 amide bonds. The van der Waals surface area contributed by atoms with Crippen molar-refractivity contribution in [2.45, 2.75) is 45.6 Å². The number of allylic oxidation sites excluding steroid dienone is 1. The molecular formula is C17H25N3. The summed E-state index contributed by atoms with van der Waals surface area (Å²) in [6, 6.07) is 0.443. The molecule has 2 rings (SSSR count). The molecule has 0 aromatic carbocycles. The minimum absolute atomic E-state index is 0.443. The SMILES string of the molecule is C=C(CCC1=CCC(N2C=CC(N)=NC2=C)C1)C(C)C. The van der Waals surface area contributed by atoms with Gasteiger partial charge in [0.05, 0.1) is 0 Å². The highest BCUT2D eigenvalue weighted by molar-refractivity contribution is 5.92. The summed E-state index contributed by atoms with van der Waals surface area (Å²) in [4.78, 5) is 6.37. The minimum Gasteiger partial charge on any atom is -0.384 e. The Morgan fingerprint density at radius 3 is 2.95 bits per heavy atom. The largest absolute Gasteiger partial charge is 0.384 e. The van der Waals surface area contributed by atoms with Gasteiger partial charge in [-0.05, 0) is 37.7 Å². The van der Waals surface area contributed by atoms with Crippen LogP contribution in [0.25, 0.3) is 0 Å². The molecule has 0 spiro atoms. The van der Waals surface area contributed by atoms with Gasteiger partial charge in [-0.25, -0.2) is 4.99 Å². The van der Waals surface area contributed by atoms with Crippen LogP contribution in [0.15, 0.2) is 53.5 Å². The Bertz CT molecular complexity index is 494. The Labute approximate surface area is 122 Å². The van der Waals surface area contributed by atoms with Gasteiger partial charge in [0.25, 0.3) is 0 Å². The first kappa shape index (κ1) is 14.6. The van der Waals surface area contributed by atoms with Crippen molar-refractivity contribution in [2.24, 2.45) is 16.6 Å². The minimum atomic E-state index is 0.443. The quantitative estimate of drug-likeness (QED) is 0.774. The highest BCUT2D eigenvalue weighted by atomic mass is 15.2. The monoisotopic (exact) mass is 271 g/mol. The first-order chi connectivity index (χ1) is 9.47. The lowest BCUT2D eigenvalue weighted by Crippen LogP contribution is -2.31. The van der Waals surface area contributed by atoms with Crippen LogP contribution in [-0.2, 0) is 0 Å². The van der Waals surface area contributed by atoms with E-state index in [0.29, 0.717) is 17.8 Å². The Morgan fingerprint density at radius 1 is 1.55 bits per heavy atom. The zero-order valence-electron chi connectivity index (χ0n) is 12.6. The molecule has 0 bridgehead atoms. The number of hydrogen-bond donors (Lipinski definition) is 1. The van der Waals surface area contributed by atoms with E-state index in [1.54, 1.807) is 0 Å². The molecular weight excluding hydrogens is 246 g/mol. The maximum Gasteiger partial charge on any atom is 0.127 e. The van der Waals surface area contributed by atoms with Crippen LogP contribution < -0.4 is 5.73 Å². The van der Waals surface area contributed by atoms with Crippen molar-refractivity contribution in [3.8, 4) is 0 Å². The molecule has 20 heavy (non-hydrogen) atoms. The van der Waals surface area contributed by atoms with Gasteiger partial charge >= 0.3 is 0 Å². The fourth-order valence-electron chi connectivity index (χ4n) is 2.62. The van der Waals surface area contributed by atoms with Gasteiger partial charge in [-0.15, -0.1) is 0 Å². The second-order valence-corrected chi connectivity index (χ2v) is 5.94. The van der Waals surface area contributed by atoms with Crippen molar-refractivity contribution in [1.29, 1.82) is 0 Å². The van der Waals surface area contributed by atoms with Gasteiger partial charge in [-0.2, -0.15) is 0 Å². The number of rotatable bonds is 5. The van der Waals surface area contributed by atoms with Crippen molar-refractivity contribution < 1.29 is 0 Å². The summed E-state index contributed by atoms with van der Waals surface area (Å²) in [5.74, 6) is 1.86. The first-order valence-corrected chi connectivity index (χ1v) is 7.32. The maximum absolute atomic E-state index is 5.68. The normalized spacial score (nSPS) is 22.2. The molecule has 1 aliphatic carbocycles. The molecule has 0 aromatic heterocycles. The predicted octanol–water partition coefficient (Wildman–Crippen LogP) is 3.73. The predicted molar refractivity (Wildman–Crippen MR) is 86.1 cm³/mol. The summed E-state index contributed by atoms with van der Waals surface area (Å²) in [7, 11) is 0. The molecule has 0 fully saturated rings. The third kappa shape index (κ3) is 3.41. The zero-order chi connectivity index (χ0) is 14.7. The van der Waals surface area contributed by atoms with E-state index in [9.17, 15) is 0 Å². The van der Waals surface area contributed by atoms with Crippen molar-refractivity contribution >= 4 is 5.84 Å². The molecule has 0 saturated carbocycles. The van der Waals surface area contributed by atoms with Crippen molar-refractivity contribution in [3.63, 3.8) is 0 Å². The van der Waals surface area contributed by atoms with Crippen molar-refractivity contribution in [3.05, 3.63) is 48.5 Å². The molecule has 0 radical (unpaired) electrons. The molecule has 1 heterocycles. The summed E-state index contributed by atoms with van der Waals surface area (Å²) >= 11 is 0. The number of nitrogens with two attached hydrogens (primary N) is 1. The van der Waals surface area contributed by atoms with E-state index in [1.807, 2.05) is 12.3 Å². The van der Waals surface area contributed by atoms with Gasteiger partial charge in [0.15, 0.2) is 0 Å². The molecule has 1 aliphatic heterocycles. The molecule has 3 nitrogen and oxygen atoms in total. The van der Waals surface area contributed by atoms with E-state index in [0.717, 1.165) is 31.5 Å². The average molecular weight is 271 g/mol. The topological polar surface area (TPSA) is 41.6 Å². The summed E-state index contributed by atoms with van der Waals surface area (Å²) < 4.78 is 0. The molecule has 1 atom stereocenters. The number of amidine groups is 1. The maximum atomic E-state index is 5.68. The zero-order valence-corrected chi connectivity index (χ0v) is 12.6. The lowest BCUT2D eigenvalue weighted by Gasteiger charge is -2.29. The fraction of sp³-hybridized carbons (Fsp3) is 0.471. The average Bonchev–Trinajstić information content (AvgIpc) is 2.84. The lowest BCUT2D eigenvalue weighted by molar-refractivity contribution is 0.344. The molecule has 2 N–H and O–H groups in total. The summed E-state index contributed by atoms with van der Waals surface area (Å²) in [6.07, 6.45) is 10.6. The second kappa shape index (κ2) is 6.12. The van der Waals surface area contributed by atoms with Crippen LogP contribution in [0.4, 0.5) is 0 Å². The van der Waals surface area contributed by atoms with Crippen LogP contribution in [0, 0.1) is 5.92 Å². The van der Waals surface area contributed by atoms with Crippen LogP contribution in [0.5, 0.6) is 0 Å². The molecule has 0 saturated heterocycles. The third-order valence-corrected chi connectivity index (χ3v) is 4.12. The van der Waals surface area contributed by atoms with Crippen LogP contribution >= 0.6 is 0 Å². The second-order valence-electron chi connectivity index (χ2n) is 5.94. The number of aliphatic imine (C=N–C) groups is 1. The van der Waals surface area contributed by atoms with E-state index >= 15 is 0 Å². The van der Waals surface area contributed by atoms with Crippen molar-refractivity contribution in [2.75, 3.05) is 0 Å². The van der Waals surface area contributed by atoms with E-state index in [1.165, 1.54) is 11.1 Å². The summed E-state index contributed by atoms with van der Waals surface area (Å²) in [6.45, 7) is 12.5. The van der Waals surface area contributed by atoms with Gasteiger partial charge in [0, 0.05) is 12.2 Å². The highest BCUT2D eigenvalue weighted by Gasteiger charge is 2.24. The highest BCUT2D eigenvalue weighted by Crippen LogP contribution is 2.31. The number of nitrogens with zero attached hydrogens (tertiary/aromatic N) is 2. The molecule has 108 valence electrons. The van der Waals surface area contributed by atoms with Gasteiger partial charge in [-0.3, -0.25) is 0 Å². The Morgan fingerprint density at radius 2 is 2.30 bits per heavy atom. The van der Waals surface area contributed by atoms with Crippen molar-refractivity contribution in [1.82, 2.24) is 4.90 Å². The smallest absolute Gasteiger partial charge is 0.127 e. The standard InChI is InChI=1S/C17H25N3/c1-12(2)13(3)5-6-15-7-8-16(11-15)20-10-9-17(18)19-14(20)4/h7,9-10,12,16H,3-6,8,11H2,1-2H3,(H2,18,19). The molecule has 3 heteroatoms. The molecule has 1 unspecified atom stereocenters. The fourth-order valence-corrected chi connectivity index (χ4v) is 2.62. The van der Waals surface area contributed by atoms with Gasteiger partial charge < -0.3 is 10.6 Å². The lowest BCUT2D eigenvalue weighted by atomic mass is 9.97. The van der Waals surface area contributed by atoms with E-state index in [2.05, 4.69) is 43.0 Å². The van der Waals surface area contributed by atoms with Gasteiger partial charge in [-0.1, -0.05) is 44.2 Å².